The summed E-state index contributed by atoms with van der Waals surface area (Å²) in [6.07, 6.45) is 5.58. The zero-order chi connectivity index (χ0) is 14.4. The highest BCUT2D eigenvalue weighted by atomic mass is 32.1. The Labute approximate surface area is 124 Å². The number of nitrogens with two attached hydrogens (primary N) is 1. The normalized spacial score (nSPS) is 12.3. The lowest BCUT2D eigenvalue weighted by molar-refractivity contribution is 0.315. The van der Waals surface area contributed by atoms with Crippen LogP contribution in [0.5, 0.6) is 5.75 Å². The van der Waals surface area contributed by atoms with Crippen LogP contribution < -0.4 is 16.0 Å². The Balaban J connectivity index is 2.22. The highest BCUT2D eigenvalue weighted by Crippen LogP contribution is 2.29. The van der Waals surface area contributed by atoms with Gasteiger partial charge in [-0.3, -0.25) is 10.8 Å². The minimum absolute atomic E-state index is 0.0435. The first-order valence-corrected chi connectivity index (χ1v) is 7.72. The Morgan fingerprint density at radius 2 is 2.20 bits per heavy atom. The SMILES string of the molecule is CCCOc1cncc(C(NN)c2ccc(CC)s2)c1. The number of hydrogen-bond acceptors (Lipinski definition) is 5. The van der Waals surface area contributed by atoms with Gasteiger partial charge in [-0.2, -0.15) is 0 Å². The summed E-state index contributed by atoms with van der Waals surface area (Å²) in [4.78, 5) is 6.79. The number of nitrogens with one attached hydrogen (secondary N) is 1. The maximum Gasteiger partial charge on any atom is 0.137 e. The number of pyridine rings is 1. The van der Waals surface area contributed by atoms with Crippen LogP contribution in [0.2, 0.25) is 0 Å². The first-order chi connectivity index (χ1) is 9.78. The molecule has 0 saturated heterocycles. The molecule has 0 aromatic carbocycles. The number of nitrogens with zero attached hydrogens (tertiary/aromatic N) is 1. The van der Waals surface area contributed by atoms with E-state index in [1.807, 2.05) is 12.3 Å². The van der Waals surface area contributed by atoms with E-state index in [9.17, 15) is 0 Å². The molecule has 0 fully saturated rings. The Morgan fingerprint density at radius 1 is 1.35 bits per heavy atom. The second-order valence-corrected chi connectivity index (χ2v) is 5.76. The molecule has 3 N–H and O–H groups in total. The van der Waals surface area contributed by atoms with E-state index in [1.165, 1.54) is 9.75 Å². The molecule has 1 unspecified atom stereocenters. The highest BCUT2D eigenvalue weighted by Gasteiger charge is 2.15. The molecule has 4 nitrogen and oxygen atoms in total. The van der Waals surface area contributed by atoms with E-state index in [-0.39, 0.29) is 6.04 Å². The summed E-state index contributed by atoms with van der Waals surface area (Å²) in [5.41, 5.74) is 3.89. The van der Waals surface area contributed by atoms with Crippen LogP contribution in [0.15, 0.2) is 30.6 Å². The number of rotatable bonds is 7. The molecule has 0 amide bonds. The van der Waals surface area contributed by atoms with Crippen molar-refractivity contribution in [2.45, 2.75) is 32.7 Å². The predicted molar refractivity (Wildman–Crippen MR) is 82.9 cm³/mol. The maximum absolute atomic E-state index is 5.73. The van der Waals surface area contributed by atoms with Gasteiger partial charge in [0.05, 0.1) is 18.8 Å². The molecular formula is C15H21N3OS. The van der Waals surface area contributed by atoms with Crippen LogP contribution in [0.1, 0.15) is 41.6 Å². The average molecular weight is 291 g/mol. The number of thiophene rings is 1. The lowest BCUT2D eigenvalue weighted by atomic mass is 10.1. The number of aryl methyl sites for hydroxylation is 1. The van der Waals surface area contributed by atoms with Gasteiger partial charge >= 0.3 is 0 Å². The Hall–Kier alpha value is -1.43. The molecule has 20 heavy (non-hydrogen) atoms. The molecule has 2 heterocycles. The van der Waals surface area contributed by atoms with Crippen LogP contribution in [0.4, 0.5) is 0 Å². The fraction of sp³-hybridized carbons (Fsp3) is 0.400. The molecule has 2 aromatic rings. The second-order valence-electron chi connectivity index (χ2n) is 4.56. The van der Waals surface area contributed by atoms with E-state index < -0.39 is 0 Å². The van der Waals surface area contributed by atoms with Gasteiger partial charge in [0.25, 0.3) is 0 Å². The van der Waals surface area contributed by atoms with Crippen LogP contribution in [0, 0.1) is 0 Å². The fourth-order valence-corrected chi connectivity index (χ4v) is 3.02. The van der Waals surface area contributed by atoms with Crippen molar-refractivity contribution in [3.8, 4) is 5.75 Å². The van der Waals surface area contributed by atoms with Gasteiger partial charge in [0.15, 0.2) is 0 Å². The van der Waals surface area contributed by atoms with Crippen LogP contribution in [-0.4, -0.2) is 11.6 Å². The van der Waals surface area contributed by atoms with Crippen LogP contribution in [0.25, 0.3) is 0 Å². The molecule has 2 rings (SSSR count). The molecule has 0 spiro atoms. The number of ether oxygens (including phenoxy) is 1. The number of hydrogen-bond donors (Lipinski definition) is 2. The summed E-state index contributed by atoms with van der Waals surface area (Å²) in [6.45, 7) is 4.94. The van der Waals surface area contributed by atoms with Crippen molar-refractivity contribution in [1.82, 2.24) is 10.4 Å². The molecule has 0 radical (unpaired) electrons. The van der Waals surface area contributed by atoms with Gasteiger partial charge < -0.3 is 4.74 Å². The van der Waals surface area contributed by atoms with E-state index in [4.69, 9.17) is 10.6 Å². The number of aromatic nitrogens is 1. The summed E-state index contributed by atoms with van der Waals surface area (Å²) in [6, 6.07) is 6.22. The zero-order valence-corrected chi connectivity index (χ0v) is 12.7. The zero-order valence-electron chi connectivity index (χ0n) is 11.9. The molecule has 108 valence electrons. The minimum Gasteiger partial charge on any atom is -0.492 e. The molecule has 0 aliphatic rings. The monoisotopic (exact) mass is 291 g/mol. The molecule has 5 heteroatoms. The van der Waals surface area contributed by atoms with Crippen molar-refractivity contribution in [3.63, 3.8) is 0 Å². The average Bonchev–Trinajstić information content (AvgIpc) is 2.95. The topological polar surface area (TPSA) is 60.2 Å². The summed E-state index contributed by atoms with van der Waals surface area (Å²) >= 11 is 1.77. The summed E-state index contributed by atoms with van der Waals surface area (Å²) in [5, 5.41) is 0. The van der Waals surface area contributed by atoms with Gasteiger partial charge in [-0.05, 0) is 36.6 Å². The summed E-state index contributed by atoms with van der Waals surface area (Å²) in [7, 11) is 0. The molecule has 1 atom stereocenters. The molecule has 0 saturated carbocycles. The maximum atomic E-state index is 5.73. The van der Waals surface area contributed by atoms with Crippen molar-refractivity contribution in [3.05, 3.63) is 45.9 Å². The highest BCUT2D eigenvalue weighted by molar-refractivity contribution is 7.12. The Bertz CT molecular complexity index is 541. The van der Waals surface area contributed by atoms with Crippen LogP contribution >= 0.6 is 11.3 Å². The first kappa shape index (κ1) is 15.0. The van der Waals surface area contributed by atoms with Gasteiger partial charge in [0.2, 0.25) is 0 Å². The van der Waals surface area contributed by atoms with Crippen molar-refractivity contribution >= 4 is 11.3 Å². The van der Waals surface area contributed by atoms with Gasteiger partial charge in [0, 0.05) is 16.0 Å². The Kier molecular flexibility index (Phi) is 5.52. The lowest BCUT2D eigenvalue weighted by Crippen LogP contribution is -2.28. The lowest BCUT2D eigenvalue weighted by Gasteiger charge is -2.15. The third-order valence-corrected chi connectivity index (χ3v) is 4.32. The fourth-order valence-electron chi connectivity index (χ4n) is 1.97. The summed E-state index contributed by atoms with van der Waals surface area (Å²) in [5.74, 6) is 6.51. The Morgan fingerprint density at radius 3 is 2.85 bits per heavy atom. The van der Waals surface area contributed by atoms with E-state index in [0.29, 0.717) is 6.61 Å². The van der Waals surface area contributed by atoms with Gasteiger partial charge in [0.1, 0.15) is 5.75 Å². The van der Waals surface area contributed by atoms with Gasteiger partial charge in [-0.1, -0.05) is 13.8 Å². The molecule has 0 aliphatic heterocycles. The first-order valence-electron chi connectivity index (χ1n) is 6.91. The molecule has 2 aromatic heterocycles. The minimum atomic E-state index is -0.0435. The largest absolute Gasteiger partial charge is 0.492 e. The molecule has 0 aliphatic carbocycles. The molecule has 0 bridgehead atoms. The smallest absolute Gasteiger partial charge is 0.137 e. The standard InChI is InChI=1S/C15H21N3OS/c1-3-7-19-12-8-11(9-17-10-12)15(18-16)14-6-5-13(4-2)20-14/h5-6,8-10,15,18H,3-4,7,16H2,1-2H3. The van der Waals surface area contributed by atoms with E-state index >= 15 is 0 Å². The van der Waals surface area contributed by atoms with E-state index in [2.05, 4.69) is 36.4 Å². The predicted octanol–water partition coefficient (Wildman–Crippen LogP) is 3.05. The van der Waals surface area contributed by atoms with Gasteiger partial charge in [-0.25, -0.2) is 5.43 Å². The van der Waals surface area contributed by atoms with Crippen LogP contribution in [-0.2, 0) is 6.42 Å². The third-order valence-electron chi connectivity index (χ3n) is 3.02. The summed E-state index contributed by atoms with van der Waals surface area (Å²) < 4.78 is 5.63. The third kappa shape index (κ3) is 3.56. The van der Waals surface area contributed by atoms with Crippen molar-refractivity contribution in [1.29, 1.82) is 0 Å². The van der Waals surface area contributed by atoms with Crippen molar-refractivity contribution < 1.29 is 4.74 Å². The molecular weight excluding hydrogens is 270 g/mol. The van der Waals surface area contributed by atoms with Crippen LogP contribution in [0.3, 0.4) is 0 Å². The number of hydrazine groups is 1. The van der Waals surface area contributed by atoms with Crippen molar-refractivity contribution in [2.24, 2.45) is 5.84 Å². The quantitative estimate of drug-likeness (QED) is 0.608. The van der Waals surface area contributed by atoms with E-state index in [1.54, 1.807) is 17.5 Å². The van der Waals surface area contributed by atoms with Crippen molar-refractivity contribution in [2.75, 3.05) is 6.61 Å². The van der Waals surface area contributed by atoms with Gasteiger partial charge in [-0.15, -0.1) is 11.3 Å². The second kappa shape index (κ2) is 7.38. The van der Waals surface area contributed by atoms with E-state index in [0.717, 1.165) is 24.2 Å².